The zero-order chi connectivity index (χ0) is 15.0. The summed E-state index contributed by atoms with van der Waals surface area (Å²) in [6.07, 6.45) is 0. The van der Waals surface area contributed by atoms with Gasteiger partial charge >= 0.3 is 0 Å². The van der Waals surface area contributed by atoms with E-state index in [1.807, 2.05) is 12.1 Å². The highest BCUT2D eigenvalue weighted by Gasteiger charge is 2.16. The third-order valence-electron chi connectivity index (χ3n) is 3.28. The first-order valence-corrected chi connectivity index (χ1v) is 6.30. The van der Waals surface area contributed by atoms with Crippen LogP contribution in [0.5, 0.6) is 11.5 Å². The minimum absolute atomic E-state index is 0.277. The van der Waals surface area contributed by atoms with Gasteiger partial charge in [-0.05, 0) is 24.3 Å². The maximum absolute atomic E-state index is 13.4. The quantitative estimate of drug-likeness (QED) is 0.804. The molecule has 0 atom stereocenters. The van der Waals surface area contributed by atoms with Crippen LogP contribution in [0, 0.1) is 5.82 Å². The SMILES string of the molecule is COc1cc(F)ccc1-n1c(N)nc2c(OC)cccc21. The number of nitrogen functional groups attached to an aromatic ring is 1. The van der Waals surface area contributed by atoms with Crippen LogP contribution in [0.3, 0.4) is 0 Å². The summed E-state index contributed by atoms with van der Waals surface area (Å²) in [5.74, 6) is 0.901. The Morgan fingerprint density at radius 2 is 1.86 bits per heavy atom. The molecule has 5 nitrogen and oxygen atoms in total. The maximum Gasteiger partial charge on any atom is 0.206 e. The molecule has 0 aliphatic carbocycles. The van der Waals surface area contributed by atoms with Crippen LogP contribution in [0.2, 0.25) is 0 Å². The number of para-hydroxylation sites is 1. The molecule has 0 unspecified atom stereocenters. The van der Waals surface area contributed by atoms with Crippen LogP contribution >= 0.6 is 0 Å². The molecule has 2 N–H and O–H groups in total. The van der Waals surface area contributed by atoms with Crippen LogP contribution in [-0.2, 0) is 0 Å². The van der Waals surface area contributed by atoms with E-state index in [9.17, 15) is 4.39 Å². The van der Waals surface area contributed by atoms with Gasteiger partial charge in [-0.25, -0.2) is 9.37 Å². The molecule has 0 radical (unpaired) electrons. The third kappa shape index (κ3) is 2.05. The van der Waals surface area contributed by atoms with Gasteiger partial charge < -0.3 is 15.2 Å². The molecule has 0 saturated carbocycles. The lowest BCUT2D eigenvalue weighted by Gasteiger charge is -2.11. The van der Waals surface area contributed by atoms with Crippen molar-refractivity contribution in [1.82, 2.24) is 9.55 Å². The summed E-state index contributed by atoms with van der Waals surface area (Å²) >= 11 is 0. The lowest BCUT2D eigenvalue weighted by atomic mass is 10.2. The number of halogens is 1. The van der Waals surface area contributed by atoms with Crippen molar-refractivity contribution in [2.75, 3.05) is 20.0 Å². The number of fused-ring (bicyclic) bond motifs is 1. The van der Waals surface area contributed by atoms with E-state index in [0.717, 1.165) is 5.52 Å². The topological polar surface area (TPSA) is 62.3 Å². The van der Waals surface area contributed by atoms with Crippen LogP contribution in [-0.4, -0.2) is 23.8 Å². The van der Waals surface area contributed by atoms with Crippen molar-refractivity contribution in [1.29, 1.82) is 0 Å². The summed E-state index contributed by atoms with van der Waals surface area (Å²) in [5.41, 5.74) is 8.04. The van der Waals surface area contributed by atoms with Crippen LogP contribution in [0.15, 0.2) is 36.4 Å². The van der Waals surface area contributed by atoms with Gasteiger partial charge in [0.05, 0.1) is 25.4 Å². The molecule has 0 aliphatic heterocycles. The van der Waals surface area contributed by atoms with Crippen molar-refractivity contribution < 1.29 is 13.9 Å². The molecule has 0 amide bonds. The summed E-state index contributed by atoms with van der Waals surface area (Å²) in [5, 5.41) is 0. The molecular weight excluding hydrogens is 273 g/mol. The second kappa shape index (κ2) is 4.97. The number of ether oxygens (including phenoxy) is 2. The number of aromatic nitrogens is 2. The van der Waals surface area contributed by atoms with Crippen molar-refractivity contribution in [3.63, 3.8) is 0 Å². The molecule has 1 heterocycles. The van der Waals surface area contributed by atoms with Crippen LogP contribution in [0.1, 0.15) is 0 Å². The number of hydrogen-bond acceptors (Lipinski definition) is 4. The lowest BCUT2D eigenvalue weighted by Crippen LogP contribution is -2.03. The van der Waals surface area contributed by atoms with Gasteiger partial charge in [-0.2, -0.15) is 0 Å². The highest BCUT2D eigenvalue weighted by Crippen LogP contribution is 2.33. The minimum Gasteiger partial charge on any atom is -0.494 e. The molecule has 6 heteroatoms. The fourth-order valence-corrected chi connectivity index (χ4v) is 2.35. The normalized spacial score (nSPS) is 10.8. The number of benzene rings is 2. The Morgan fingerprint density at radius 3 is 2.57 bits per heavy atom. The molecule has 1 aromatic heterocycles. The minimum atomic E-state index is -0.379. The van der Waals surface area contributed by atoms with Gasteiger partial charge in [0, 0.05) is 6.07 Å². The molecule has 21 heavy (non-hydrogen) atoms. The molecule has 0 aliphatic rings. The number of hydrogen-bond donors (Lipinski definition) is 1. The molecule has 0 spiro atoms. The van der Waals surface area contributed by atoms with Gasteiger partial charge in [0.2, 0.25) is 5.95 Å². The fraction of sp³-hybridized carbons (Fsp3) is 0.133. The van der Waals surface area contributed by atoms with E-state index in [4.69, 9.17) is 15.2 Å². The Labute approximate surface area is 120 Å². The van der Waals surface area contributed by atoms with Crippen molar-refractivity contribution in [3.05, 3.63) is 42.2 Å². The Morgan fingerprint density at radius 1 is 1.10 bits per heavy atom. The van der Waals surface area contributed by atoms with Crippen LogP contribution in [0.25, 0.3) is 16.7 Å². The summed E-state index contributed by atoms with van der Waals surface area (Å²) < 4.78 is 25.6. The summed E-state index contributed by atoms with van der Waals surface area (Å²) in [7, 11) is 3.05. The molecule has 2 aromatic carbocycles. The molecule has 0 saturated heterocycles. The van der Waals surface area contributed by atoms with Gasteiger partial charge in [0.25, 0.3) is 0 Å². The Kier molecular flexibility index (Phi) is 3.13. The second-order valence-electron chi connectivity index (χ2n) is 4.45. The van der Waals surface area contributed by atoms with E-state index in [1.165, 1.54) is 19.2 Å². The monoisotopic (exact) mass is 287 g/mol. The standard InChI is InChI=1S/C15H14FN3O2/c1-20-12-5-3-4-11-14(12)18-15(17)19(11)10-7-6-9(16)8-13(10)21-2/h3-8H,1-2H3,(H2,17,18). The van der Waals surface area contributed by atoms with E-state index < -0.39 is 0 Å². The van der Waals surface area contributed by atoms with E-state index in [0.29, 0.717) is 22.7 Å². The van der Waals surface area contributed by atoms with E-state index in [1.54, 1.807) is 23.8 Å². The lowest BCUT2D eigenvalue weighted by molar-refractivity contribution is 0.409. The number of methoxy groups -OCH3 is 2. The van der Waals surface area contributed by atoms with E-state index >= 15 is 0 Å². The van der Waals surface area contributed by atoms with Gasteiger partial charge in [-0.3, -0.25) is 4.57 Å². The molecule has 3 rings (SSSR count). The highest BCUT2D eigenvalue weighted by atomic mass is 19.1. The molecule has 108 valence electrons. The maximum atomic E-state index is 13.4. The molecule has 3 aromatic rings. The first-order chi connectivity index (χ1) is 10.2. The zero-order valence-corrected chi connectivity index (χ0v) is 11.6. The molecule has 0 bridgehead atoms. The first-order valence-electron chi connectivity index (χ1n) is 6.30. The van der Waals surface area contributed by atoms with Crippen molar-refractivity contribution >= 4 is 17.0 Å². The molecular formula is C15H14FN3O2. The Hall–Kier alpha value is -2.76. The van der Waals surface area contributed by atoms with Crippen molar-refractivity contribution in [2.24, 2.45) is 0 Å². The zero-order valence-electron chi connectivity index (χ0n) is 11.6. The van der Waals surface area contributed by atoms with Crippen molar-refractivity contribution in [3.8, 4) is 17.2 Å². The van der Waals surface area contributed by atoms with E-state index in [2.05, 4.69) is 4.98 Å². The fourth-order valence-electron chi connectivity index (χ4n) is 2.35. The third-order valence-corrected chi connectivity index (χ3v) is 3.28. The van der Waals surface area contributed by atoms with Gasteiger partial charge in [0.1, 0.15) is 22.8 Å². The predicted molar refractivity (Wildman–Crippen MR) is 78.5 cm³/mol. The number of anilines is 1. The van der Waals surface area contributed by atoms with Crippen molar-refractivity contribution in [2.45, 2.75) is 0 Å². The Balaban J connectivity index is 2.33. The Bertz CT molecular complexity index is 814. The largest absolute Gasteiger partial charge is 0.494 e. The summed E-state index contributed by atoms with van der Waals surface area (Å²) in [6.45, 7) is 0. The average Bonchev–Trinajstić information content (AvgIpc) is 2.83. The van der Waals surface area contributed by atoms with Crippen LogP contribution in [0.4, 0.5) is 10.3 Å². The van der Waals surface area contributed by atoms with Gasteiger partial charge in [-0.15, -0.1) is 0 Å². The van der Waals surface area contributed by atoms with Crippen LogP contribution < -0.4 is 15.2 Å². The number of nitrogens with two attached hydrogens (primary N) is 1. The van der Waals surface area contributed by atoms with Gasteiger partial charge in [0.15, 0.2) is 0 Å². The molecule has 0 fully saturated rings. The predicted octanol–water partition coefficient (Wildman–Crippen LogP) is 2.76. The van der Waals surface area contributed by atoms with E-state index in [-0.39, 0.29) is 11.8 Å². The second-order valence-corrected chi connectivity index (χ2v) is 4.45. The smallest absolute Gasteiger partial charge is 0.206 e. The highest BCUT2D eigenvalue weighted by molar-refractivity contribution is 5.86. The average molecular weight is 287 g/mol. The number of rotatable bonds is 3. The summed E-state index contributed by atoms with van der Waals surface area (Å²) in [4.78, 5) is 4.32. The number of imidazole rings is 1. The first kappa shape index (κ1) is 13.2. The summed E-state index contributed by atoms with van der Waals surface area (Å²) in [6, 6.07) is 9.77. The number of nitrogens with zero attached hydrogens (tertiary/aromatic N) is 2. The van der Waals surface area contributed by atoms with Gasteiger partial charge in [-0.1, -0.05) is 6.07 Å².